The maximum atomic E-state index is 11.8. The summed E-state index contributed by atoms with van der Waals surface area (Å²) in [5, 5.41) is 3.97. The van der Waals surface area contributed by atoms with E-state index in [1.807, 2.05) is 42.5 Å². The van der Waals surface area contributed by atoms with Gasteiger partial charge in [-0.2, -0.15) is 5.10 Å². The number of unbranched alkanes of at least 4 members (excludes halogenated alkanes) is 2. The molecule has 0 aliphatic rings. The molecular weight excluding hydrogens is 288 g/mol. The number of nitrogens with zero attached hydrogens (tertiary/aromatic N) is 1. The Morgan fingerprint density at radius 3 is 2.52 bits per heavy atom. The van der Waals surface area contributed by atoms with Crippen LogP contribution in [0.4, 0.5) is 0 Å². The van der Waals surface area contributed by atoms with Crippen LogP contribution in [-0.4, -0.2) is 18.7 Å². The van der Waals surface area contributed by atoms with Crippen LogP contribution in [-0.2, 0) is 0 Å². The molecule has 0 heterocycles. The van der Waals surface area contributed by atoms with Gasteiger partial charge in [-0.3, -0.25) is 4.79 Å². The number of rotatable bonds is 8. The Hall–Kier alpha value is -2.62. The Balaban J connectivity index is 1.80. The number of nitrogens with one attached hydrogen (secondary N) is 1. The van der Waals surface area contributed by atoms with E-state index in [1.54, 1.807) is 18.3 Å². The molecular formula is C19H22N2O2. The van der Waals surface area contributed by atoms with Crippen molar-refractivity contribution in [2.75, 3.05) is 6.61 Å². The third-order valence-corrected chi connectivity index (χ3v) is 3.31. The lowest BCUT2D eigenvalue weighted by molar-refractivity contribution is 0.0955. The van der Waals surface area contributed by atoms with E-state index in [0.29, 0.717) is 5.56 Å². The predicted octanol–water partition coefficient (Wildman–Crippen LogP) is 4.02. The van der Waals surface area contributed by atoms with Crippen LogP contribution in [0.1, 0.15) is 42.1 Å². The first kappa shape index (κ1) is 16.7. The van der Waals surface area contributed by atoms with E-state index >= 15 is 0 Å². The van der Waals surface area contributed by atoms with E-state index in [1.165, 1.54) is 12.8 Å². The summed E-state index contributed by atoms with van der Waals surface area (Å²) >= 11 is 0. The lowest BCUT2D eigenvalue weighted by Crippen LogP contribution is -2.17. The second-order valence-electron chi connectivity index (χ2n) is 5.19. The highest BCUT2D eigenvalue weighted by atomic mass is 16.5. The van der Waals surface area contributed by atoms with Crippen molar-refractivity contribution in [3.63, 3.8) is 0 Å². The molecule has 2 aromatic carbocycles. The SMILES string of the molecule is CCCCCOc1ccc(/C=N\NC(=O)c2ccccc2)cc1. The molecule has 4 heteroatoms. The minimum absolute atomic E-state index is 0.224. The molecule has 0 saturated carbocycles. The van der Waals surface area contributed by atoms with Crippen molar-refractivity contribution in [3.8, 4) is 5.75 Å². The van der Waals surface area contributed by atoms with E-state index in [9.17, 15) is 4.79 Å². The average Bonchev–Trinajstić information content (AvgIpc) is 2.60. The Morgan fingerprint density at radius 1 is 1.09 bits per heavy atom. The molecule has 1 N–H and O–H groups in total. The van der Waals surface area contributed by atoms with E-state index in [2.05, 4.69) is 17.5 Å². The topological polar surface area (TPSA) is 50.7 Å². The number of hydrogen-bond acceptors (Lipinski definition) is 3. The zero-order valence-electron chi connectivity index (χ0n) is 13.4. The maximum absolute atomic E-state index is 11.8. The van der Waals surface area contributed by atoms with Crippen molar-refractivity contribution < 1.29 is 9.53 Å². The highest BCUT2D eigenvalue weighted by Crippen LogP contribution is 2.11. The Morgan fingerprint density at radius 2 is 1.83 bits per heavy atom. The molecule has 0 unspecified atom stereocenters. The summed E-state index contributed by atoms with van der Waals surface area (Å²) in [5.74, 6) is 0.629. The van der Waals surface area contributed by atoms with Gasteiger partial charge in [0.05, 0.1) is 12.8 Å². The van der Waals surface area contributed by atoms with Crippen LogP contribution < -0.4 is 10.2 Å². The molecule has 0 radical (unpaired) electrons. The molecule has 0 spiro atoms. The van der Waals surface area contributed by atoms with Crippen molar-refractivity contribution in [2.24, 2.45) is 5.10 Å². The largest absolute Gasteiger partial charge is 0.494 e. The quantitative estimate of drug-likeness (QED) is 0.455. The fourth-order valence-electron chi connectivity index (χ4n) is 2.01. The molecule has 0 atom stereocenters. The molecule has 0 bridgehead atoms. The van der Waals surface area contributed by atoms with Crippen LogP contribution in [0.5, 0.6) is 5.75 Å². The van der Waals surface area contributed by atoms with Gasteiger partial charge in [0.2, 0.25) is 0 Å². The molecule has 2 rings (SSSR count). The highest BCUT2D eigenvalue weighted by molar-refractivity contribution is 5.94. The lowest BCUT2D eigenvalue weighted by atomic mass is 10.2. The predicted molar refractivity (Wildman–Crippen MR) is 93.0 cm³/mol. The van der Waals surface area contributed by atoms with Crippen LogP contribution in [0.25, 0.3) is 0 Å². The average molecular weight is 310 g/mol. The van der Waals surface area contributed by atoms with Crippen LogP contribution in [0.2, 0.25) is 0 Å². The van der Waals surface area contributed by atoms with Gasteiger partial charge >= 0.3 is 0 Å². The Kier molecular flexibility index (Phi) is 6.85. The van der Waals surface area contributed by atoms with Crippen LogP contribution in [0.3, 0.4) is 0 Å². The Bertz CT molecular complexity index is 622. The van der Waals surface area contributed by atoms with Gasteiger partial charge in [-0.25, -0.2) is 5.43 Å². The molecule has 0 saturated heterocycles. The molecule has 120 valence electrons. The number of ether oxygens (including phenoxy) is 1. The highest BCUT2D eigenvalue weighted by Gasteiger charge is 2.01. The number of carbonyl (C=O) groups excluding carboxylic acids is 1. The molecule has 0 aliphatic heterocycles. The summed E-state index contributed by atoms with van der Waals surface area (Å²) in [6.07, 6.45) is 5.06. The normalized spacial score (nSPS) is 10.7. The van der Waals surface area contributed by atoms with Gasteiger partial charge in [0.1, 0.15) is 5.75 Å². The van der Waals surface area contributed by atoms with Gasteiger partial charge in [-0.1, -0.05) is 38.0 Å². The second kappa shape index (κ2) is 9.41. The molecule has 0 fully saturated rings. The van der Waals surface area contributed by atoms with Gasteiger partial charge < -0.3 is 4.74 Å². The van der Waals surface area contributed by atoms with E-state index < -0.39 is 0 Å². The summed E-state index contributed by atoms with van der Waals surface area (Å²) in [7, 11) is 0. The monoisotopic (exact) mass is 310 g/mol. The smallest absolute Gasteiger partial charge is 0.271 e. The van der Waals surface area contributed by atoms with Crippen molar-refractivity contribution in [2.45, 2.75) is 26.2 Å². The van der Waals surface area contributed by atoms with E-state index in [0.717, 1.165) is 24.3 Å². The fourth-order valence-corrected chi connectivity index (χ4v) is 2.01. The number of carbonyl (C=O) groups is 1. The summed E-state index contributed by atoms with van der Waals surface area (Å²) in [5.41, 5.74) is 4.00. The second-order valence-corrected chi connectivity index (χ2v) is 5.19. The third-order valence-electron chi connectivity index (χ3n) is 3.31. The van der Waals surface area contributed by atoms with E-state index in [4.69, 9.17) is 4.74 Å². The fraction of sp³-hybridized carbons (Fsp3) is 0.263. The molecule has 23 heavy (non-hydrogen) atoms. The molecule has 1 amide bonds. The minimum atomic E-state index is -0.224. The van der Waals surface area contributed by atoms with Crippen molar-refractivity contribution in [1.82, 2.24) is 5.43 Å². The van der Waals surface area contributed by atoms with Crippen LogP contribution in [0.15, 0.2) is 59.7 Å². The van der Waals surface area contributed by atoms with Crippen molar-refractivity contribution in [3.05, 3.63) is 65.7 Å². The summed E-state index contributed by atoms with van der Waals surface area (Å²) < 4.78 is 5.65. The van der Waals surface area contributed by atoms with Gasteiger partial charge in [0, 0.05) is 5.56 Å². The van der Waals surface area contributed by atoms with Crippen LogP contribution >= 0.6 is 0 Å². The molecule has 4 nitrogen and oxygen atoms in total. The number of hydrogen-bond donors (Lipinski definition) is 1. The first-order chi connectivity index (χ1) is 11.3. The molecule has 0 aromatic heterocycles. The third kappa shape index (κ3) is 5.94. The number of amides is 1. The first-order valence-corrected chi connectivity index (χ1v) is 7.91. The van der Waals surface area contributed by atoms with Gasteiger partial charge in [0.15, 0.2) is 0 Å². The van der Waals surface area contributed by atoms with Crippen molar-refractivity contribution >= 4 is 12.1 Å². The van der Waals surface area contributed by atoms with Gasteiger partial charge in [0.25, 0.3) is 5.91 Å². The Labute approximate surface area is 137 Å². The summed E-state index contributed by atoms with van der Waals surface area (Å²) in [6.45, 7) is 2.92. The van der Waals surface area contributed by atoms with Gasteiger partial charge in [-0.05, 0) is 48.4 Å². The zero-order valence-corrected chi connectivity index (χ0v) is 13.4. The molecule has 2 aromatic rings. The van der Waals surface area contributed by atoms with Gasteiger partial charge in [-0.15, -0.1) is 0 Å². The molecule has 0 aliphatic carbocycles. The first-order valence-electron chi connectivity index (χ1n) is 7.91. The standard InChI is InChI=1S/C19H22N2O2/c1-2-3-7-14-23-18-12-10-16(11-13-18)15-20-21-19(22)17-8-5-4-6-9-17/h4-6,8-13,15H,2-3,7,14H2,1H3,(H,21,22)/b20-15-. The minimum Gasteiger partial charge on any atom is -0.494 e. The van der Waals surface area contributed by atoms with Crippen molar-refractivity contribution in [1.29, 1.82) is 0 Å². The number of hydrazone groups is 1. The lowest BCUT2D eigenvalue weighted by Gasteiger charge is -2.05. The summed E-state index contributed by atoms with van der Waals surface area (Å²) in [6, 6.07) is 16.6. The van der Waals surface area contributed by atoms with Crippen LogP contribution in [0, 0.1) is 0 Å². The summed E-state index contributed by atoms with van der Waals surface area (Å²) in [4.78, 5) is 11.8. The zero-order chi connectivity index (χ0) is 16.3. The maximum Gasteiger partial charge on any atom is 0.271 e. The number of benzene rings is 2. The van der Waals surface area contributed by atoms with E-state index in [-0.39, 0.29) is 5.91 Å².